The summed E-state index contributed by atoms with van der Waals surface area (Å²) in [5, 5.41) is 9.21. The van der Waals surface area contributed by atoms with Gasteiger partial charge >= 0.3 is 0 Å². The van der Waals surface area contributed by atoms with Crippen molar-refractivity contribution < 1.29 is 14.3 Å². The van der Waals surface area contributed by atoms with E-state index in [-0.39, 0.29) is 30.8 Å². The van der Waals surface area contributed by atoms with Gasteiger partial charge in [0.2, 0.25) is 5.91 Å². The van der Waals surface area contributed by atoms with Crippen molar-refractivity contribution in [2.24, 2.45) is 11.8 Å². The largest absolute Gasteiger partial charge is 0.396 e. The van der Waals surface area contributed by atoms with Crippen molar-refractivity contribution in [2.45, 2.75) is 20.4 Å². The van der Waals surface area contributed by atoms with Crippen LogP contribution >= 0.6 is 0 Å². The smallest absolute Gasteiger partial charge is 0.228 e. The predicted octanol–water partition coefficient (Wildman–Crippen LogP) is 2.05. The maximum Gasteiger partial charge on any atom is 0.228 e. The van der Waals surface area contributed by atoms with Gasteiger partial charge in [0.1, 0.15) is 5.82 Å². The SMILES string of the molecule is CC(C)C(CO)C(=O)N(C)Cc1ccccc1F. The highest BCUT2D eigenvalue weighted by Crippen LogP contribution is 2.15. The van der Waals surface area contributed by atoms with Crippen LogP contribution in [0.1, 0.15) is 19.4 Å². The van der Waals surface area contributed by atoms with Crippen molar-refractivity contribution in [1.82, 2.24) is 4.90 Å². The van der Waals surface area contributed by atoms with Crippen LogP contribution in [-0.2, 0) is 11.3 Å². The zero-order chi connectivity index (χ0) is 13.7. The van der Waals surface area contributed by atoms with Crippen LogP contribution in [0.25, 0.3) is 0 Å². The summed E-state index contributed by atoms with van der Waals surface area (Å²) >= 11 is 0. The molecule has 18 heavy (non-hydrogen) atoms. The Morgan fingerprint density at radius 3 is 2.50 bits per heavy atom. The second-order valence-corrected chi connectivity index (χ2v) is 4.82. The number of hydrogen-bond acceptors (Lipinski definition) is 2. The minimum absolute atomic E-state index is 0.0607. The second kappa shape index (κ2) is 6.50. The number of benzene rings is 1. The first-order chi connectivity index (χ1) is 8.47. The van der Waals surface area contributed by atoms with Crippen LogP contribution in [0.2, 0.25) is 0 Å². The number of carbonyl (C=O) groups excluding carboxylic acids is 1. The molecular formula is C14H20FNO2. The summed E-state index contributed by atoms with van der Waals surface area (Å²) in [4.78, 5) is 13.5. The van der Waals surface area contributed by atoms with E-state index in [1.165, 1.54) is 11.0 Å². The van der Waals surface area contributed by atoms with Crippen LogP contribution < -0.4 is 0 Å². The minimum atomic E-state index is -0.429. The summed E-state index contributed by atoms with van der Waals surface area (Å²) in [5.41, 5.74) is 0.480. The van der Waals surface area contributed by atoms with E-state index in [9.17, 15) is 14.3 Å². The van der Waals surface area contributed by atoms with Gasteiger partial charge in [-0.3, -0.25) is 4.79 Å². The fourth-order valence-electron chi connectivity index (χ4n) is 1.82. The second-order valence-electron chi connectivity index (χ2n) is 4.82. The fraction of sp³-hybridized carbons (Fsp3) is 0.500. The van der Waals surface area contributed by atoms with Gasteiger partial charge in [0, 0.05) is 19.2 Å². The van der Waals surface area contributed by atoms with Gasteiger partial charge < -0.3 is 10.0 Å². The molecule has 1 aromatic rings. The number of nitrogens with zero attached hydrogens (tertiary/aromatic N) is 1. The molecule has 0 spiro atoms. The number of aliphatic hydroxyl groups is 1. The Kier molecular flexibility index (Phi) is 5.28. The molecule has 1 aromatic carbocycles. The third-order valence-electron chi connectivity index (χ3n) is 3.06. The van der Waals surface area contributed by atoms with Crippen LogP contribution in [0, 0.1) is 17.7 Å². The lowest BCUT2D eigenvalue weighted by molar-refractivity contribution is -0.137. The van der Waals surface area contributed by atoms with Crippen LogP contribution in [0.4, 0.5) is 4.39 Å². The lowest BCUT2D eigenvalue weighted by Crippen LogP contribution is -2.37. The van der Waals surface area contributed by atoms with E-state index >= 15 is 0 Å². The molecule has 0 aliphatic heterocycles. The lowest BCUT2D eigenvalue weighted by atomic mass is 9.95. The Labute approximate surface area is 107 Å². The molecule has 0 aromatic heterocycles. The molecule has 100 valence electrons. The van der Waals surface area contributed by atoms with E-state index in [0.717, 1.165) is 0 Å². The molecule has 0 heterocycles. The summed E-state index contributed by atoms with van der Waals surface area (Å²) < 4.78 is 13.5. The molecule has 0 bridgehead atoms. The molecule has 0 radical (unpaired) electrons. The molecular weight excluding hydrogens is 233 g/mol. The monoisotopic (exact) mass is 253 g/mol. The summed E-state index contributed by atoms with van der Waals surface area (Å²) in [6.45, 7) is 3.80. The minimum Gasteiger partial charge on any atom is -0.396 e. The lowest BCUT2D eigenvalue weighted by Gasteiger charge is -2.25. The molecule has 4 heteroatoms. The highest BCUT2D eigenvalue weighted by Gasteiger charge is 2.24. The molecule has 1 amide bonds. The standard InChI is InChI=1S/C14H20FNO2/c1-10(2)12(9-17)14(18)16(3)8-11-6-4-5-7-13(11)15/h4-7,10,12,17H,8-9H2,1-3H3. The maximum absolute atomic E-state index is 13.5. The van der Waals surface area contributed by atoms with Crippen molar-refractivity contribution in [3.05, 3.63) is 35.6 Å². The van der Waals surface area contributed by atoms with Crippen molar-refractivity contribution in [1.29, 1.82) is 0 Å². The third kappa shape index (κ3) is 3.53. The van der Waals surface area contributed by atoms with Gasteiger partial charge in [0.15, 0.2) is 0 Å². The highest BCUT2D eigenvalue weighted by atomic mass is 19.1. The van der Waals surface area contributed by atoms with Crippen LogP contribution in [0.3, 0.4) is 0 Å². The van der Waals surface area contributed by atoms with E-state index in [1.54, 1.807) is 25.2 Å². The van der Waals surface area contributed by atoms with Gasteiger partial charge in [0.25, 0.3) is 0 Å². The number of hydrogen-bond donors (Lipinski definition) is 1. The van der Waals surface area contributed by atoms with Crippen LogP contribution in [-0.4, -0.2) is 29.6 Å². The summed E-state index contributed by atoms with van der Waals surface area (Å²) in [6, 6.07) is 6.38. The molecule has 0 aliphatic rings. The van der Waals surface area contributed by atoms with Crippen molar-refractivity contribution in [3.63, 3.8) is 0 Å². The quantitative estimate of drug-likeness (QED) is 0.872. The third-order valence-corrected chi connectivity index (χ3v) is 3.06. The summed E-state index contributed by atoms with van der Waals surface area (Å²) in [5.74, 6) is -0.842. The van der Waals surface area contributed by atoms with Gasteiger partial charge in [0.05, 0.1) is 12.5 Å². The molecule has 1 unspecified atom stereocenters. The molecule has 1 atom stereocenters. The van der Waals surface area contributed by atoms with Gasteiger partial charge in [-0.15, -0.1) is 0 Å². The Bertz CT molecular complexity index is 407. The Hall–Kier alpha value is -1.42. The fourth-order valence-corrected chi connectivity index (χ4v) is 1.82. The molecule has 1 N–H and O–H groups in total. The normalized spacial score (nSPS) is 12.6. The maximum atomic E-state index is 13.5. The number of aliphatic hydroxyl groups excluding tert-OH is 1. The van der Waals surface area contributed by atoms with E-state index in [1.807, 2.05) is 13.8 Å². The Morgan fingerprint density at radius 2 is 2.00 bits per heavy atom. The van der Waals surface area contributed by atoms with Gasteiger partial charge in [-0.25, -0.2) is 4.39 Å². The van der Waals surface area contributed by atoms with Crippen LogP contribution in [0.15, 0.2) is 24.3 Å². The zero-order valence-corrected chi connectivity index (χ0v) is 11.1. The number of halogens is 1. The van der Waals surface area contributed by atoms with Gasteiger partial charge in [-0.2, -0.15) is 0 Å². The highest BCUT2D eigenvalue weighted by molar-refractivity contribution is 5.78. The zero-order valence-electron chi connectivity index (χ0n) is 11.1. The molecule has 0 aliphatic carbocycles. The van der Waals surface area contributed by atoms with E-state index in [2.05, 4.69) is 0 Å². The van der Waals surface area contributed by atoms with Crippen LogP contribution in [0.5, 0.6) is 0 Å². The van der Waals surface area contributed by atoms with E-state index in [0.29, 0.717) is 5.56 Å². The van der Waals surface area contributed by atoms with Crippen molar-refractivity contribution in [3.8, 4) is 0 Å². The Morgan fingerprint density at radius 1 is 1.39 bits per heavy atom. The number of amides is 1. The topological polar surface area (TPSA) is 40.5 Å². The van der Waals surface area contributed by atoms with Gasteiger partial charge in [-0.1, -0.05) is 32.0 Å². The molecule has 0 saturated heterocycles. The average molecular weight is 253 g/mol. The molecule has 3 nitrogen and oxygen atoms in total. The summed E-state index contributed by atoms with van der Waals surface area (Å²) in [7, 11) is 1.62. The average Bonchev–Trinajstić information content (AvgIpc) is 2.32. The molecule has 0 fully saturated rings. The molecule has 1 rings (SSSR count). The number of rotatable bonds is 5. The van der Waals surface area contributed by atoms with E-state index in [4.69, 9.17) is 0 Å². The van der Waals surface area contributed by atoms with Crippen molar-refractivity contribution >= 4 is 5.91 Å². The molecule has 0 saturated carbocycles. The Balaban J connectivity index is 2.74. The first kappa shape index (κ1) is 14.6. The number of carbonyl (C=O) groups is 1. The summed E-state index contributed by atoms with van der Waals surface area (Å²) in [6.07, 6.45) is 0. The van der Waals surface area contributed by atoms with Gasteiger partial charge in [-0.05, 0) is 12.0 Å². The first-order valence-corrected chi connectivity index (χ1v) is 6.06. The van der Waals surface area contributed by atoms with Crippen molar-refractivity contribution in [2.75, 3.05) is 13.7 Å². The first-order valence-electron chi connectivity index (χ1n) is 6.06. The predicted molar refractivity (Wildman–Crippen MR) is 68.3 cm³/mol. The van der Waals surface area contributed by atoms with E-state index < -0.39 is 5.92 Å².